The van der Waals surface area contributed by atoms with Crippen LogP contribution in [0.2, 0.25) is 0 Å². The molecule has 2 aliphatic carbocycles. The molecule has 0 aromatic carbocycles. The summed E-state index contributed by atoms with van der Waals surface area (Å²) >= 11 is 3.45. The third kappa shape index (κ3) is 3.44. The minimum atomic E-state index is -0.142. The van der Waals surface area contributed by atoms with Gasteiger partial charge in [-0.05, 0) is 31.4 Å². The molecule has 0 bridgehead atoms. The smallest absolute Gasteiger partial charge is 0.321 e. The van der Waals surface area contributed by atoms with Crippen molar-refractivity contribution in [3.05, 3.63) is 5.01 Å². The Bertz CT molecular complexity index is 475. The zero-order valence-corrected chi connectivity index (χ0v) is 13.2. The molecule has 3 rings (SSSR count). The summed E-state index contributed by atoms with van der Waals surface area (Å²) in [5.74, 6) is 1.69. The molecule has 0 aliphatic heterocycles. The number of anilines is 1. The Hall–Kier alpha value is -0.820. The molecule has 2 N–H and O–H groups in total. The summed E-state index contributed by atoms with van der Waals surface area (Å²) in [5.41, 5.74) is 0. The largest absolute Gasteiger partial charge is 0.334 e. The second-order valence-electron chi connectivity index (χ2n) is 5.35. The summed E-state index contributed by atoms with van der Waals surface area (Å²) in [6.45, 7) is 2.17. The van der Waals surface area contributed by atoms with Gasteiger partial charge in [0.1, 0.15) is 5.01 Å². The third-order valence-electron chi connectivity index (χ3n) is 3.74. The highest BCUT2D eigenvalue weighted by atomic mass is 32.2. The topological polar surface area (TPSA) is 66.9 Å². The lowest BCUT2D eigenvalue weighted by Crippen LogP contribution is -2.41. The van der Waals surface area contributed by atoms with Crippen LogP contribution in [0.1, 0.15) is 50.0 Å². The van der Waals surface area contributed by atoms with Gasteiger partial charge in [0, 0.05) is 17.2 Å². The number of nitrogens with one attached hydrogen (secondary N) is 2. The number of carbonyl (C=O) groups is 1. The van der Waals surface area contributed by atoms with Crippen molar-refractivity contribution in [1.82, 2.24) is 15.5 Å². The van der Waals surface area contributed by atoms with Crippen molar-refractivity contribution in [2.45, 2.75) is 56.2 Å². The highest BCUT2D eigenvalue weighted by molar-refractivity contribution is 7.99. The monoisotopic (exact) mass is 312 g/mol. The maximum Gasteiger partial charge on any atom is 0.321 e. The van der Waals surface area contributed by atoms with Crippen molar-refractivity contribution in [1.29, 1.82) is 0 Å². The van der Waals surface area contributed by atoms with Gasteiger partial charge in [-0.3, -0.25) is 5.32 Å². The number of hydrogen-bond donors (Lipinski definition) is 2. The summed E-state index contributed by atoms with van der Waals surface area (Å²) in [5, 5.41) is 16.3. The van der Waals surface area contributed by atoms with Gasteiger partial charge < -0.3 is 5.32 Å². The molecule has 0 radical (unpaired) electrons. The molecular formula is C13H20N4OS2. The van der Waals surface area contributed by atoms with Crippen molar-refractivity contribution >= 4 is 34.3 Å². The zero-order chi connectivity index (χ0) is 13.9. The number of aromatic nitrogens is 2. The Morgan fingerprint density at radius 1 is 1.35 bits per heavy atom. The average Bonchev–Trinajstić information content (AvgIpc) is 3.03. The molecule has 2 fully saturated rings. The van der Waals surface area contributed by atoms with Gasteiger partial charge in [0.2, 0.25) is 5.13 Å². The molecule has 0 unspecified atom stereocenters. The number of nitrogens with zero attached hydrogens (tertiary/aromatic N) is 2. The number of hydrogen-bond acceptors (Lipinski definition) is 5. The number of amides is 2. The van der Waals surface area contributed by atoms with Crippen LogP contribution in [0.25, 0.3) is 0 Å². The minimum Gasteiger partial charge on any atom is -0.334 e. The summed E-state index contributed by atoms with van der Waals surface area (Å²) in [6, 6.07) is 0.146. The lowest BCUT2D eigenvalue weighted by molar-refractivity contribution is 0.249. The first-order valence-electron chi connectivity index (χ1n) is 7.28. The molecule has 1 aromatic heterocycles. The predicted octanol–water partition coefficient (Wildman–Crippen LogP) is 3.21. The fourth-order valence-electron chi connectivity index (χ4n) is 2.59. The van der Waals surface area contributed by atoms with E-state index in [4.69, 9.17) is 0 Å². The first-order chi connectivity index (χ1) is 9.76. The second-order valence-corrected chi connectivity index (χ2v) is 7.87. The van der Waals surface area contributed by atoms with Gasteiger partial charge in [-0.1, -0.05) is 24.7 Å². The van der Waals surface area contributed by atoms with E-state index in [1.165, 1.54) is 37.0 Å². The maximum atomic E-state index is 12.0. The second kappa shape index (κ2) is 6.30. The average molecular weight is 312 g/mol. The zero-order valence-electron chi connectivity index (χ0n) is 11.6. The fraction of sp³-hybridized carbons (Fsp3) is 0.769. The van der Waals surface area contributed by atoms with E-state index in [1.54, 1.807) is 0 Å². The SMILES string of the molecule is CCS[C@@H]1CCC[C@H]1NC(=O)Nc1nnc(C2CC2)s1. The first-order valence-corrected chi connectivity index (χ1v) is 9.15. The Morgan fingerprint density at radius 2 is 2.20 bits per heavy atom. The van der Waals surface area contributed by atoms with Gasteiger partial charge in [-0.25, -0.2) is 4.79 Å². The minimum absolute atomic E-state index is 0.142. The van der Waals surface area contributed by atoms with Crippen LogP contribution in [-0.4, -0.2) is 33.3 Å². The fourth-order valence-corrected chi connectivity index (χ4v) is 4.69. The summed E-state index contributed by atoms with van der Waals surface area (Å²) in [6.07, 6.45) is 5.90. The lowest BCUT2D eigenvalue weighted by atomic mass is 10.2. The van der Waals surface area contributed by atoms with Gasteiger partial charge >= 0.3 is 6.03 Å². The van der Waals surface area contributed by atoms with E-state index in [2.05, 4.69) is 27.8 Å². The molecule has 2 aliphatic rings. The molecule has 1 aromatic rings. The molecule has 5 nitrogen and oxygen atoms in total. The first kappa shape index (κ1) is 14.1. The van der Waals surface area contributed by atoms with Crippen LogP contribution in [0.15, 0.2) is 0 Å². The third-order valence-corrected chi connectivity index (χ3v) is 6.06. The molecule has 2 amide bonds. The summed E-state index contributed by atoms with van der Waals surface area (Å²) in [4.78, 5) is 12.0. The van der Waals surface area contributed by atoms with Gasteiger partial charge in [0.05, 0.1) is 0 Å². The number of thioether (sulfide) groups is 1. The molecule has 1 heterocycles. The number of carbonyl (C=O) groups excluding carboxylic acids is 1. The van der Waals surface area contributed by atoms with Crippen molar-refractivity contribution in [3.8, 4) is 0 Å². The highest BCUT2D eigenvalue weighted by Crippen LogP contribution is 2.42. The standard InChI is InChI=1S/C13H20N4OS2/c1-2-19-10-5-3-4-9(10)14-12(18)15-13-17-16-11(20-13)8-6-7-8/h8-10H,2-7H2,1H3,(H2,14,15,17,18)/t9-,10-/m1/s1. The Kier molecular flexibility index (Phi) is 4.45. The molecule has 0 saturated heterocycles. The van der Waals surface area contributed by atoms with Crippen LogP contribution < -0.4 is 10.6 Å². The summed E-state index contributed by atoms with van der Waals surface area (Å²) in [7, 11) is 0. The van der Waals surface area contributed by atoms with E-state index in [-0.39, 0.29) is 12.1 Å². The van der Waals surface area contributed by atoms with Crippen LogP contribution in [-0.2, 0) is 0 Å². The van der Waals surface area contributed by atoms with Crippen molar-refractivity contribution < 1.29 is 4.79 Å². The highest BCUT2D eigenvalue weighted by Gasteiger charge is 2.30. The molecule has 20 heavy (non-hydrogen) atoms. The van der Waals surface area contributed by atoms with E-state index >= 15 is 0 Å². The van der Waals surface area contributed by atoms with Crippen LogP contribution in [0.4, 0.5) is 9.93 Å². The van der Waals surface area contributed by atoms with Crippen molar-refractivity contribution in [3.63, 3.8) is 0 Å². The maximum absolute atomic E-state index is 12.0. The van der Waals surface area contributed by atoms with Crippen molar-refractivity contribution in [2.75, 3.05) is 11.1 Å². The predicted molar refractivity (Wildman–Crippen MR) is 83.6 cm³/mol. The van der Waals surface area contributed by atoms with Crippen LogP contribution >= 0.6 is 23.1 Å². The van der Waals surface area contributed by atoms with Crippen LogP contribution in [0, 0.1) is 0 Å². The van der Waals surface area contributed by atoms with Gasteiger partial charge in [-0.2, -0.15) is 11.8 Å². The normalized spacial score (nSPS) is 25.6. The number of rotatable bonds is 5. The molecule has 110 valence electrons. The van der Waals surface area contributed by atoms with Gasteiger partial charge in [0.15, 0.2) is 0 Å². The molecule has 2 saturated carbocycles. The summed E-state index contributed by atoms with van der Waals surface area (Å²) < 4.78 is 0. The Balaban J connectivity index is 1.50. The molecular weight excluding hydrogens is 292 g/mol. The van der Waals surface area contributed by atoms with Crippen LogP contribution in [0.5, 0.6) is 0 Å². The van der Waals surface area contributed by atoms with Gasteiger partial charge in [0.25, 0.3) is 0 Å². The van der Waals surface area contributed by atoms with E-state index < -0.39 is 0 Å². The van der Waals surface area contributed by atoms with E-state index in [0.717, 1.165) is 17.2 Å². The van der Waals surface area contributed by atoms with Crippen LogP contribution in [0.3, 0.4) is 0 Å². The molecule has 2 atom stereocenters. The van der Waals surface area contributed by atoms with E-state index in [0.29, 0.717) is 16.3 Å². The number of urea groups is 1. The van der Waals surface area contributed by atoms with E-state index in [1.807, 2.05) is 11.8 Å². The quantitative estimate of drug-likeness (QED) is 0.876. The molecule has 0 spiro atoms. The van der Waals surface area contributed by atoms with E-state index in [9.17, 15) is 4.79 Å². The van der Waals surface area contributed by atoms with Gasteiger partial charge in [-0.15, -0.1) is 10.2 Å². The van der Waals surface area contributed by atoms with Crippen molar-refractivity contribution in [2.24, 2.45) is 0 Å². The lowest BCUT2D eigenvalue weighted by Gasteiger charge is -2.19. The molecule has 7 heteroatoms. The Labute approximate surface area is 127 Å². The Morgan fingerprint density at radius 3 is 2.95 bits per heavy atom.